The van der Waals surface area contributed by atoms with Crippen molar-refractivity contribution in [1.82, 2.24) is 10.0 Å². The summed E-state index contributed by atoms with van der Waals surface area (Å²) in [6, 6.07) is 6.97. The molecule has 0 saturated heterocycles. The average molecular weight is 419 g/mol. The normalized spacial score (nSPS) is 15.8. The van der Waals surface area contributed by atoms with Crippen LogP contribution in [0.4, 0.5) is 0 Å². The molecule has 8 heteroatoms. The second-order valence-electron chi connectivity index (χ2n) is 8.26. The first-order valence-electron chi connectivity index (χ1n) is 9.44. The minimum atomic E-state index is -3.33. The van der Waals surface area contributed by atoms with Crippen LogP contribution in [-0.2, 0) is 28.7 Å². The molecule has 0 bridgehead atoms. The molecule has 0 aliphatic heterocycles. The third-order valence-corrected chi connectivity index (χ3v) is 6.46. The Morgan fingerprint density at radius 3 is 2.38 bits per heavy atom. The number of benzene rings is 1. The fourth-order valence-corrected chi connectivity index (χ4v) is 4.38. The van der Waals surface area contributed by atoms with Crippen molar-refractivity contribution >= 4 is 21.7 Å². The van der Waals surface area contributed by atoms with E-state index in [4.69, 9.17) is 4.42 Å². The molecule has 0 fully saturated rings. The van der Waals surface area contributed by atoms with Crippen molar-refractivity contribution < 1.29 is 22.4 Å². The summed E-state index contributed by atoms with van der Waals surface area (Å²) in [6.07, 6.45) is 1.07. The van der Waals surface area contributed by atoms with Gasteiger partial charge < -0.3 is 9.73 Å². The molecule has 156 valence electrons. The van der Waals surface area contributed by atoms with Gasteiger partial charge in [0, 0.05) is 24.9 Å². The molecular formula is C21H26N2O5S. The van der Waals surface area contributed by atoms with E-state index in [9.17, 15) is 18.0 Å². The average Bonchev–Trinajstić information content (AvgIpc) is 2.96. The summed E-state index contributed by atoms with van der Waals surface area (Å²) in [5.74, 6) is 0.312. The Balaban J connectivity index is 1.68. The quantitative estimate of drug-likeness (QED) is 0.750. The number of hydrogen-bond donors (Lipinski definition) is 2. The SMILES string of the molecule is CNS(=O)(=O)Cc1ccc(CNC(=O)c2oc3c(c2C)C(=O)CC(C)(C)C3)cc1. The van der Waals surface area contributed by atoms with Crippen LogP contribution in [0.3, 0.4) is 0 Å². The van der Waals surface area contributed by atoms with Gasteiger partial charge in [0.2, 0.25) is 10.0 Å². The highest BCUT2D eigenvalue weighted by molar-refractivity contribution is 7.88. The Morgan fingerprint density at radius 1 is 1.14 bits per heavy atom. The summed E-state index contributed by atoms with van der Waals surface area (Å²) in [6.45, 7) is 6.03. The second kappa shape index (κ2) is 7.76. The van der Waals surface area contributed by atoms with E-state index in [1.54, 1.807) is 31.2 Å². The van der Waals surface area contributed by atoms with Gasteiger partial charge in [-0.3, -0.25) is 9.59 Å². The van der Waals surface area contributed by atoms with Crippen molar-refractivity contribution in [2.45, 2.75) is 45.9 Å². The van der Waals surface area contributed by atoms with Crippen molar-refractivity contribution in [3.05, 3.63) is 58.0 Å². The highest BCUT2D eigenvalue weighted by Crippen LogP contribution is 2.38. The smallest absolute Gasteiger partial charge is 0.287 e. The Hall–Kier alpha value is -2.45. The van der Waals surface area contributed by atoms with Gasteiger partial charge in [-0.05, 0) is 30.5 Å². The second-order valence-corrected chi connectivity index (χ2v) is 10.2. The Bertz CT molecular complexity index is 1050. The topological polar surface area (TPSA) is 105 Å². The first kappa shape index (κ1) is 21.3. The Morgan fingerprint density at radius 2 is 1.76 bits per heavy atom. The summed E-state index contributed by atoms with van der Waals surface area (Å²) in [5.41, 5.74) is 2.44. The Kier molecular flexibility index (Phi) is 5.69. The summed E-state index contributed by atoms with van der Waals surface area (Å²) in [5, 5.41) is 2.81. The van der Waals surface area contributed by atoms with Gasteiger partial charge in [0.25, 0.3) is 5.91 Å². The number of rotatable bonds is 6. The lowest BCUT2D eigenvalue weighted by Gasteiger charge is -2.27. The molecule has 2 N–H and O–H groups in total. The number of amides is 1. The van der Waals surface area contributed by atoms with Gasteiger partial charge in [0.05, 0.1) is 11.3 Å². The van der Waals surface area contributed by atoms with E-state index in [0.717, 1.165) is 5.56 Å². The molecule has 1 aliphatic rings. The number of Topliss-reactive ketones (excluding diaryl/α,β-unsaturated/α-hetero) is 1. The van der Waals surface area contributed by atoms with Gasteiger partial charge in [-0.15, -0.1) is 0 Å². The van der Waals surface area contributed by atoms with Crippen LogP contribution in [0.25, 0.3) is 0 Å². The van der Waals surface area contributed by atoms with Gasteiger partial charge >= 0.3 is 0 Å². The number of furan rings is 1. The van der Waals surface area contributed by atoms with Crippen molar-refractivity contribution in [2.75, 3.05) is 7.05 Å². The van der Waals surface area contributed by atoms with E-state index in [1.807, 2.05) is 13.8 Å². The van der Waals surface area contributed by atoms with Crippen LogP contribution >= 0.6 is 0 Å². The molecule has 1 amide bonds. The van der Waals surface area contributed by atoms with Crippen LogP contribution in [-0.4, -0.2) is 27.2 Å². The number of nitrogens with one attached hydrogen (secondary N) is 2. The molecule has 29 heavy (non-hydrogen) atoms. The molecule has 0 radical (unpaired) electrons. The maximum absolute atomic E-state index is 12.6. The molecule has 0 spiro atoms. The number of hydrogen-bond acceptors (Lipinski definition) is 5. The van der Waals surface area contributed by atoms with E-state index in [-0.39, 0.29) is 35.2 Å². The predicted molar refractivity (Wildman–Crippen MR) is 109 cm³/mol. The molecule has 1 aromatic heterocycles. The zero-order valence-corrected chi connectivity index (χ0v) is 17.9. The number of carbonyl (C=O) groups is 2. The molecule has 0 unspecified atom stereocenters. The first-order chi connectivity index (χ1) is 13.5. The fourth-order valence-electron chi connectivity index (χ4n) is 3.61. The molecule has 0 saturated carbocycles. The maximum Gasteiger partial charge on any atom is 0.287 e. The summed E-state index contributed by atoms with van der Waals surface area (Å²) in [7, 11) is -1.95. The van der Waals surface area contributed by atoms with E-state index < -0.39 is 10.0 Å². The fraction of sp³-hybridized carbons (Fsp3) is 0.429. The summed E-state index contributed by atoms with van der Waals surface area (Å²) >= 11 is 0. The highest BCUT2D eigenvalue weighted by atomic mass is 32.2. The van der Waals surface area contributed by atoms with Crippen LogP contribution in [0.2, 0.25) is 0 Å². The minimum absolute atomic E-state index is 0.0173. The number of carbonyl (C=O) groups excluding carboxylic acids is 2. The van der Waals surface area contributed by atoms with Crippen LogP contribution in [0.1, 0.15) is 63.6 Å². The molecule has 2 aromatic rings. The van der Waals surface area contributed by atoms with E-state index >= 15 is 0 Å². The third-order valence-electron chi connectivity index (χ3n) is 5.13. The molecule has 1 aliphatic carbocycles. The van der Waals surface area contributed by atoms with Crippen molar-refractivity contribution in [3.63, 3.8) is 0 Å². The summed E-state index contributed by atoms with van der Waals surface area (Å²) in [4.78, 5) is 25.1. The Labute approximate surface area is 170 Å². The van der Waals surface area contributed by atoms with Gasteiger partial charge in [0.15, 0.2) is 11.5 Å². The first-order valence-corrected chi connectivity index (χ1v) is 11.1. The molecule has 1 heterocycles. The zero-order valence-electron chi connectivity index (χ0n) is 17.1. The number of sulfonamides is 1. The lowest BCUT2D eigenvalue weighted by atomic mass is 9.76. The van der Waals surface area contributed by atoms with Gasteiger partial charge in [-0.1, -0.05) is 38.1 Å². The highest BCUT2D eigenvalue weighted by Gasteiger charge is 2.37. The number of fused-ring (bicyclic) bond motifs is 1. The van der Waals surface area contributed by atoms with Crippen LogP contribution < -0.4 is 10.0 Å². The van der Waals surface area contributed by atoms with Crippen molar-refractivity contribution in [3.8, 4) is 0 Å². The van der Waals surface area contributed by atoms with Gasteiger partial charge in [0.1, 0.15) is 5.76 Å². The molecule has 7 nitrogen and oxygen atoms in total. The molecular weight excluding hydrogens is 392 g/mol. The maximum atomic E-state index is 12.6. The molecule has 3 rings (SSSR count). The van der Waals surface area contributed by atoms with Crippen LogP contribution in [0, 0.1) is 12.3 Å². The summed E-state index contributed by atoms with van der Waals surface area (Å²) < 4.78 is 31.3. The van der Waals surface area contributed by atoms with E-state index in [1.165, 1.54) is 7.05 Å². The monoisotopic (exact) mass is 418 g/mol. The third kappa shape index (κ3) is 4.76. The predicted octanol–water partition coefficient (Wildman–Crippen LogP) is 2.72. The van der Waals surface area contributed by atoms with Crippen LogP contribution in [0.5, 0.6) is 0 Å². The van der Waals surface area contributed by atoms with E-state index in [0.29, 0.717) is 35.3 Å². The van der Waals surface area contributed by atoms with Crippen molar-refractivity contribution in [1.29, 1.82) is 0 Å². The van der Waals surface area contributed by atoms with Crippen molar-refractivity contribution in [2.24, 2.45) is 5.41 Å². The van der Waals surface area contributed by atoms with Crippen LogP contribution in [0.15, 0.2) is 28.7 Å². The van der Waals surface area contributed by atoms with Gasteiger partial charge in [-0.2, -0.15) is 0 Å². The molecule has 0 atom stereocenters. The number of ketones is 1. The molecule has 1 aromatic carbocycles. The largest absolute Gasteiger partial charge is 0.455 e. The standard InChI is InChI=1S/C21H26N2O5S/c1-13-18-16(24)9-21(2,3)10-17(18)28-19(13)20(25)23-11-14-5-7-15(8-6-14)12-29(26,27)22-4/h5-8,22H,9-12H2,1-4H3,(H,23,25). The lowest BCUT2D eigenvalue weighted by molar-refractivity contribution is 0.0888. The minimum Gasteiger partial charge on any atom is -0.455 e. The van der Waals surface area contributed by atoms with Gasteiger partial charge in [-0.25, -0.2) is 13.1 Å². The van der Waals surface area contributed by atoms with E-state index in [2.05, 4.69) is 10.0 Å². The lowest BCUT2D eigenvalue weighted by Crippen LogP contribution is -2.26. The zero-order chi connectivity index (χ0) is 21.4.